The lowest BCUT2D eigenvalue weighted by atomic mass is 9.49. The number of hydrogen-bond acceptors (Lipinski definition) is 3. The Balaban J connectivity index is 1.49. The van der Waals surface area contributed by atoms with Crippen LogP contribution in [0.4, 0.5) is 5.69 Å². The van der Waals surface area contributed by atoms with E-state index < -0.39 is 0 Å². The van der Waals surface area contributed by atoms with E-state index in [1.165, 1.54) is 19.3 Å². The highest BCUT2D eigenvalue weighted by Crippen LogP contribution is 2.60. The fraction of sp³-hybridized carbons (Fsp3) is 0.571. The van der Waals surface area contributed by atoms with Crippen molar-refractivity contribution in [1.82, 2.24) is 4.57 Å². The predicted molar refractivity (Wildman–Crippen MR) is 99.4 cm³/mol. The maximum absolute atomic E-state index is 13.0. The van der Waals surface area contributed by atoms with Crippen molar-refractivity contribution in [1.29, 1.82) is 0 Å². The minimum absolute atomic E-state index is 0.0654. The van der Waals surface area contributed by atoms with Crippen molar-refractivity contribution in [2.45, 2.75) is 52.0 Å². The Morgan fingerprint density at radius 3 is 2.38 bits per heavy atom. The van der Waals surface area contributed by atoms with Gasteiger partial charge in [-0.2, -0.15) is 0 Å². The highest BCUT2D eigenvalue weighted by atomic mass is 16.3. The first kappa shape index (κ1) is 16.0. The van der Waals surface area contributed by atoms with Crippen molar-refractivity contribution in [3.05, 3.63) is 24.3 Å². The van der Waals surface area contributed by atoms with Crippen LogP contribution < -0.4 is 0 Å². The first-order chi connectivity index (χ1) is 12.6. The minimum atomic E-state index is -0.281. The van der Waals surface area contributed by atoms with Crippen LogP contribution in [0.5, 0.6) is 5.88 Å². The Morgan fingerprint density at radius 1 is 1.15 bits per heavy atom. The van der Waals surface area contributed by atoms with Gasteiger partial charge in [-0.3, -0.25) is 4.79 Å². The van der Waals surface area contributed by atoms with E-state index in [0.717, 1.165) is 30.2 Å². The van der Waals surface area contributed by atoms with Crippen molar-refractivity contribution in [2.24, 2.45) is 33.4 Å². The maximum atomic E-state index is 13.0. The summed E-state index contributed by atoms with van der Waals surface area (Å²) >= 11 is 0. The standard InChI is InChI=1S/C21H25N3O2/c1-2-24-17-6-4-3-5-16(17)18(19(24)25)22-23-20(26)21-10-13-7-14(11-21)9-15(8-13)12-21/h3-6,13-15,25H,2,7-12H2,1H3. The molecule has 5 heteroatoms. The average molecular weight is 351 g/mol. The number of azo groups is 1. The first-order valence-electron chi connectivity index (χ1n) is 9.86. The number of aromatic nitrogens is 1. The second kappa shape index (κ2) is 5.66. The molecule has 6 rings (SSSR count). The van der Waals surface area contributed by atoms with Gasteiger partial charge >= 0.3 is 0 Å². The first-order valence-corrected chi connectivity index (χ1v) is 9.86. The number of nitrogens with zero attached hydrogens (tertiary/aromatic N) is 3. The van der Waals surface area contributed by atoms with E-state index in [4.69, 9.17) is 0 Å². The number of carbonyl (C=O) groups is 1. The summed E-state index contributed by atoms with van der Waals surface area (Å²) in [6.07, 6.45) is 6.86. The fourth-order valence-corrected chi connectivity index (χ4v) is 6.26. The number of aryl methyl sites for hydroxylation is 1. The predicted octanol–water partition coefficient (Wildman–Crippen LogP) is 5.19. The molecule has 2 aromatic rings. The number of para-hydroxylation sites is 1. The zero-order valence-corrected chi connectivity index (χ0v) is 15.2. The van der Waals surface area contributed by atoms with Gasteiger partial charge in [-0.1, -0.05) is 18.2 Å². The normalized spacial score (nSPS) is 32.7. The summed E-state index contributed by atoms with van der Waals surface area (Å²) in [5.74, 6) is 2.14. The van der Waals surface area contributed by atoms with E-state index >= 15 is 0 Å². The van der Waals surface area contributed by atoms with Gasteiger partial charge in [-0.15, -0.1) is 10.2 Å². The molecule has 4 fully saturated rings. The number of hydrogen-bond donors (Lipinski definition) is 1. The van der Waals surface area contributed by atoms with E-state index in [-0.39, 0.29) is 17.2 Å². The molecule has 0 saturated heterocycles. The van der Waals surface area contributed by atoms with Gasteiger partial charge in [-0.25, -0.2) is 0 Å². The summed E-state index contributed by atoms with van der Waals surface area (Å²) < 4.78 is 1.80. The molecule has 1 aromatic heterocycles. The summed E-state index contributed by atoms with van der Waals surface area (Å²) in [5.41, 5.74) is 1.06. The Hall–Kier alpha value is -2.17. The molecular formula is C21H25N3O2. The van der Waals surface area contributed by atoms with Crippen LogP contribution in [0.1, 0.15) is 45.4 Å². The van der Waals surface area contributed by atoms with Gasteiger partial charge < -0.3 is 9.67 Å². The third kappa shape index (κ3) is 2.25. The van der Waals surface area contributed by atoms with Crippen LogP contribution in [-0.4, -0.2) is 15.6 Å². The van der Waals surface area contributed by atoms with E-state index in [2.05, 4.69) is 10.2 Å². The summed E-state index contributed by atoms with van der Waals surface area (Å²) in [4.78, 5) is 13.0. The van der Waals surface area contributed by atoms with Crippen molar-refractivity contribution in [3.63, 3.8) is 0 Å². The molecule has 136 valence electrons. The molecule has 0 aliphatic heterocycles. The Kier molecular flexibility index (Phi) is 3.49. The molecule has 1 N–H and O–H groups in total. The molecule has 4 aliphatic carbocycles. The van der Waals surface area contributed by atoms with Crippen LogP contribution in [0.25, 0.3) is 10.9 Å². The molecular weight excluding hydrogens is 326 g/mol. The monoisotopic (exact) mass is 351 g/mol. The minimum Gasteiger partial charge on any atom is -0.493 e. The van der Waals surface area contributed by atoms with Crippen LogP contribution in [0.15, 0.2) is 34.5 Å². The SMILES string of the molecule is CCn1c(O)c(N=NC(=O)C23CC4CC(CC(C4)C2)C3)c2ccccc21. The summed E-state index contributed by atoms with van der Waals surface area (Å²) in [6, 6.07) is 7.74. The molecule has 0 spiro atoms. The van der Waals surface area contributed by atoms with Gasteiger partial charge in [0.05, 0.1) is 10.9 Å². The van der Waals surface area contributed by atoms with Gasteiger partial charge in [0, 0.05) is 11.9 Å². The lowest BCUT2D eigenvalue weighted by Gasteiger charge is -2.54. The maximum Gasteiger partial charge on any atom is 0.270 e. The number of aromatic hydroxyl groups is 1. The molecule has 4 aliphatic rings. The number of fused-ring (bicyclic) bond motifs is 1. The van der Waals surface area contributed by atoms with Crippen molar-refractivity contribution in [2.75, 3.05) is 0 Å². The molecule has 4 saturated carbocycles. The molecule has 0 unspecified atom stereocenters. The summed E-state index contributed by atoms with van der Waals surface area (Å²) in [6.45, 7) is 2.62. The van der Waals surface area contributed by atoms with E-state index in [0.29, 0.717) is 30.0 Å². The molecule has 4 bridgehead atoms. The largest absolute Gasteiger partial charge is 0.493 e. The Labute approximate surface area is 153 Å². The van der Waals surface area contributed by atoms with Gasteiger partial charge in [0.25, 0.3) is 5.91 Å². The van der Waals surface area contributed by atoms with Crippen LogP contribution in [0.3, 0.4) is 0 Å². The lowest BCUT2D eigenvalue weighted by Crippen LogP contribution is -2.49. The molecule has 1 amide bonds. The van der Waals surface area contributed by atoms with Gasteiger partial charge in [0.2, 0.25) is 5.88 Å². The van der Waals surface area contributed by atoms with Crippen LogP contribution in [-0.2, 0) is 11.3 Å². The van der Waals surface area contributed by atoms with Crippen molar-refractivity contribution in [3.8, 4) is 5.88 Å². The van der Waals surface area contributed by atoms with Crippen molar-refractivity contribution < 1.29 is 9.90 Å². The smallest absolute Gasteiger partial charge is 0.270 e. The van der Waals surface area contributed by atoms with Gasteiger partial charge in [0.1, 0.15) is 0 Å². The van der Waals surface area contributed by atoms with E-state index in [1.807, 2.05) is 31.2 Å². The van der Waals surface area contributed by atoms with Gasteiger partial charge in [0.15, 0.2) is 5.69 Å². The van der Waals surface area contributed by atoms with Crippen LogP contribution in [0.2, 0.25) is 0 Å². The van der Waals surface area contributed by atoms with Crippen LogP contribution in [0, 0.1) is 23.2 Å². The molecule has 1 heterocycles. The Bertz CT molecular complexity index is 876. The van der Waals surface area contributed by atoms with Crippen LogP contribution >= 0.6 is 0 Å². The average Bonchev–Trinajstić information content (AvgIpc) is 2.89. The topological polar surface area (TPSA) is 66.9 Å². The lowest BCUT2D eigenvalue weighted by molar-refractivity contribution is -0.142. The van der Waals surface area contributed by atoms with E-state index in [1.54, 1.807) is 4.57 Å². The number of benzene rings is 1. The van der Waals surface area contributed by atoms with Gasteiger partial charge in [-0.05, 0) is 69.3 Å². The third-order valence-corrected chi connectivity index (χ3v) is 6.97. The zero-order valence-electron chi connectivity index (χ0n) is 15.2. The number of carbonyl (C=O) groups excluding carboxylic acids is 1. The van der Waals surface area contributed by atoms with E-state index in [9.17, 15) is 9.90 Å². The molecule has 26 heavy (non-hydrogen) atoms. The third-order valence-electron chi connectivity index (χ3n) is 6.97. The van der Waals surface area contributed by atoms with Crippen molar-refractivity contribution >= 4 is 22.5 Å². The quantitative estimate of drug-likeness (QED) is 0.773. The summed E-state index contributed by atoms with van der Waals surface area (Å²) in [7, 11) is 0. The summed E-state index contributed by atoms with van der Waals surface area (Å²) in [5, 5.41) is 19.8. The highest BCUT2D eigenvalue weighted by Gasteiger charge is 2.54. The molecule has 0 radical (unpaired) electrons. The number of rotatable bonds is 3. The Morgan fingerprint density at radius 2 is 1.77 bits per heavy atom. The second-order valence-corrected chi connectivity index (χ2v) is 8.64. The zero-order chi connectivity index (χ0) is 17.9. The molecule has 5 nitrogen and oxygen atoms in total. The second-order valence-electron chi connectivity index (χ2n) is 8.64. The molecule has 1 aromatic carbocycles. The fourth-order valence-electron chi connectivity index (χ4n) is 6.26. The highest BCUT2D eigenvalue weighted by molar-refractivity contribution is 5.95. The molecule has 0 atom stereocenters. The number of amides is 1.